The smallest absolute Gasteiger partial charge is 0.426 e. The Morgan fingerprint density at radius 3 is 2.61 bits per heavy atom. The van der Waals surface area contributed by atoms with Gasteiger partial charge in [0.05, 0.1) is 20.0 Å². The van der Waals surface area contributed by atoms with Gasteiger partial charge in [-0.1, -0.05) is 12.1 Å². The number of aromatic hydroxyl groups is 1. The minimum atomic E-state index is -0.818. The lowest BCUT2D eigenvalue weighted by Crippen LogP contribution is -2.75. The first-order valence-electron chi connectivity index (χ1n) is 9.91. The molecule has 1 aromatic heterocycles. The van der Waals surface area contributed by atoms with Gasteiger partial charge in [0.25, 0.3) is 5.91 Å². The van der Waals surface area contributed by atoms with Gasteiger partial charge in [0, 0.05) is 31.8 Å². The van der Waals surface area contributed by atoms with Gasteiger partial charge in [-0.3, -0.25) is 14.5 Å². The molecule has 1 aromatic carbocycles. The van der Waals surface area contributed by atoms with Crippen LogP contribution < -0.4 is 10.7 Å². The van der Waals surface area contributed by atoms with Crippen LogP contribution in [0.3, 0.4) is 0 Å². The number of hydrogen-bond donors (Lipinski definition) is 2. The average Bonchev–Trinajstić information content (AvgIpc) is 2.75. The van der Waals surface area contributed by atoms with Crippen molar-refractivity contribution >= 4 is 17.8 Å². The van der Waals surface area contributed by atoms with E-state index in [2.05, 4.69) is 5.32 Å². The number of hydrogen-bond acceptors (Lipinski definition) is 5. The molecule has 2 aromatic rings. The van der Waals surface area contributed by atoms with Crippen LogP contribution in [-0.4, -0.2) is 56.2 Å². The predicted octanol–water partition coefficient (Wildman–Crippen LogP) is 1.15. The lowest BCUT2D eigenvalue weighted by atomic mass is 10.1. The minimum absolute atomic E-state index is 0.0679. The van der Waals surface area contributed by atoms with Crippen molar-refractivity contribution in [2.45, 2.75) is 32.6 Å². The molecule has 4 amide bonds. The minimum Gasteiger partial charge on any atom is -0.503 e. The third-order valence-electron chi connectivity index (χ3n) is 6.03. The van der Waals surface area contributed by atoms with Gasteiger partial charge in [-0.2, -0.15) is 4.48 Å². The van der Waals surface area contributed by atoms with Crippen LogP contribution >= 0.6 is 0 Å². The molecule has 0 spiro atoms. The van der Waals surface area contributed by atoms with Crippen molar-refractivity contribution < 1.29 is 28.4 Å². The second kappa shape index (κ2) is 7.62. The van der Waals surface area contributed by atoms with Crippen molar-refractivity contribution in [3.8, 4) is 5.75 Å². The molecule has 9 nitrogen and oxygen atoms in total. The molecule has 2 N–H and O–H groups in total. The molecule has 31 heavy (non-hydrogen) atoms. The molecule has 1 saturated heterocycles. The normalized spacial score (nSPS) is 22.5. The van der Waals surface area contributed by atoms with Crippen molar-refractivity contribution in [2.75, 3.05) is 13.1 Å². The third-order valence-corrected chi connectivity index (χ3v) is 6.03. The van der Waals surface area contributed by atoms with Gasteiger partial charge in [-0.15, -0.1) is 0 Å². The molecule has 0 saturated carbocycles. The molecule has 1 fully saturated rings. The summed E-state index contributed by atoms with van der Waals surface area (Å²) in [7, 11) is 0. The van der Waals surface area contributed by atoms with E-state index < -0.39 is 45.5 Å². The molecule has 162 valence electrons. The fourth-order valence-electron chi connectivity index (χ4n) is 4.42. The van der Waals surface area contributed by atoms with Gasteiger partial charge in [0.15, 0.2) is 11.4 Å². The van der Waals surface area contributed by atoms with Crippen LogP contribution in [0.4, 0.5) is 9.18 Å². The summed E-state index contributed by atoms with van der Waals surface area (Å²) in [6.45, 7) is 1.98. The predicted molar refractivity (Wildman–Crippen MR) is 106 cm³/mol. The summed E-state index contributed by atoms with van der Waals surface area (Å²) < 4.78 is 13.9. The number of fused-ring (bicyclic) bond motifs is 2. The van der Waals surface area contributed by atoms with E-state index in [0.29, 0.717) is 18.5 Å². The number of rotatable bonds is 2. The molecule has 2 aliphatic rings. The van der Waals surface area contributed by atoms with Crippen molar-refractivity contribution in [3.63, 3.8) is 0 Å². The van der Waals surface area contributed by atoms with E-state index in [1.54, 1.807) is 0 Å². The maximum absolute atomic E-state index is 13.3. The van der Waals surface area contributed by atoms with E-state index in [9.17, 15) is 28.7 Å². The molecule has 0 bridgehead atoms. The maximum Gasteiger partial charge on any atom is 0.426 e. The Morgan fingerprint density at radius 2 is 1.94 bits per heavy atom. The summed E-state index contributed by atoms with van der Waals surface area (Å²) in [6.07, 6.45) is 0.956. The molecule has 0 aliphatic carbocycles. The van der Waals surface area contributed by atoms with Crippen LogP contribution in [0.5, 0.6) is 5.75 Å². The fourth-order valence-corrected chi connectivity index (χ4v) is 4.42. The highest BCUT2D eigenvalue weighted by Gasteiger charge is 2.57. The Morgan fingerprint density at radius 1 is 1.23 bits per heavy atom. The Bertz CT molecular complexity index is 1130. The number of amides is 4. The maximum atomic E-state index is 13.3. The number of quaternary nitrogens is 1. The Labute approximate surface area is 176 Å². The van der Waals surface area contributed by atoms with Crippen LogP contribution in [0.1, 0.15) is 29.4 Å². The van der Waals surface area contributed by atoms with Crippen molar-refractivity contribution in [2.24, 2.45) is 0 Å². The summed E-state index contributed by atoms with van der Waals surface area (Å²) in [6, 6.07) is 6.22. The van der Waals surface area contributed by atoms with Crippen LogP contribution in [0.25, 0.3) is 0 Å². The van der Waals surface area contributed by atoms with Gasteiger partial charge in [0.2, 0.25) is 11.6 Å². The van der Waals surface area contributed by atoms with E-state index in [4.69, 9.17) is 0 Å². The van der Waals surface area contributed by atoms with E-state index in [1.165, 1.54) is 46.9 Å². The highest BCUT2D eigenvalue weighted by atomic mass is 19.1. The van der Waals surface area contributed by atoms with Gasteiger partial charge in [-0.25, -0.2) is 14.0 Å². The van der Waals surface area contributed by atoms with E-state index >= 15 is 0 Å². The zero-order valence-electron chi connectivity index (χ0n) is 16.9. The van der Waals surface area contributed by atoms with Crippen LogP contribution in [0.2, 0.25) is 0 Å². The molecule has 4 rings (SSSR count). The van der Waals surface area contributed by atoms with Gasteiger partial charge < -0.3 is 15.0 Å². The van der Waals surface area contributed by atoms with Gasteiger partial charge in [-0.05, 0) is 17.7 Å². The molecule has 3 heterocycles. The highest BCUT2D eigenvalue weighted by molar-refractivity contribution is 5.96. The summed E-state index contributed by atoms with van der Waals surface area (Å²) >= 11 is 0. The van der Waals surface area contributed by atoms with Crippen LogP contribution in [0, 0.1) is 5.82 Å². The first-order chi connectivity index (χ1) is 14.8. The summed E-state index contributed by atoms with van der Waals surface area (Å²) in [4.78, 5) is 52.4. The Balaban J connectivity index is 1.68. The van der Waals surface area contributed by atoms with E-state index in [1.807, 2.05) is 0 Å². The fraction of sp³-hybridized carbons (Fsp3) is 0.333. The summed E-state index contributed by atoms with van der Waals surface area (Å²) in [5.41, 5.74) is -0.143. The third kappa shape index (κ3) is 3.28. The quantitative estimate of drug-likeness (QED) is 0.697. The topological polar surface area (TPSA) is 109 Å². The Hall–Kier alpha value is -3.53. The molecule has 2 atom stereocenters. The number of aromatic nitrogens is 1. The molecular weight excluding hydrogens is 407 g/mol. The number of carbonyl (C=O) groups is 3. The molecule has 2 aliphatic heterocycles. The second-order valence-electron chi connectivity index (χ2n) is 7.76. The number of imide groups is 1. The summed E-state index contributed by atoms with van der Waals surface area (Å²) in [5.74, 6) is -2.05. The van der Waals surface area contributed by atoms with Crippen molar-refractivity contribution in [1.82, 2.24) is 14.8 Å². The zero-order valence-corrected chi connectivity index (χ0v) is 16.9. The van der Waals surface area contributed by atoms with Crippen LogP contribution in [-0.2, 0) is 17.9 Å². The molecule has 10 heteroatoms. The van der Waals surface area contributed by atoms with E-state index in [-0.39, 0.29) is 25.3 Å². The van der Waals surface area contributed by atoms with Gasteiger partial charge >= 0.3 is 11.9 Å². The zero-order chi connectivity index (χ0) is 22.3. The number of carbonyl (C=O) groups excluding carboxylic acids is 3. The Kier molecular flexibility index (Phi) is 5.10. The average molecular weight is 429 g/mol. The first kappa shape index (κ1) is 20.7. The van der Waals surface area contributed by atoms with E-state index in [0.717, 1.165) is 6.07 Å². The number of nitrogens with zero attached hydrogens (tertiary/aromatic N) is 3. The van der Waals surface area contributed by atoms with Crippen molar-refractivity contribution in [1.29, 1.82) is 0 Å². The second-order valence-corrected chi connectivity index (χ2v) is 7.76. The lowest BCUT2D eigenvalue weighted by molar-refractivity contribution is -0.822. The van der Waals surface area contributed by atoms with Gasteiger partial charge in [0.1, 0.15) is 5.82 Å². The number of urea groups is 1. The largest absolute Gasteiger partial charge is 0.503 e. The number of pyridine rings is 1. The lowest BCUT2D eigenvalue weighted by Gasteiger charge is -2.49. The molecular formula is C21H22FN4O5+. The molecule has 2 unspecified atom stereocenters. The number of benzene rings is 1. The highest BCUT2D eigenvalue weighted by Crippen LogP contribution is 2.32. The standard InChI is InChI=1S/C21H21FN4O5/c1-13(27)26(21(31)23-11-14-3-5-15(22)6-4-14)10-2-8-25-17(26)12-24-9-7-16(28)19(29)18(24)20(25)30/h3-7,9,17H,2,8,10-12H2,1H3,(H-,23,29,30,31)/p+1. The SMILES string of the molecule is CC(=O)[N+]1(C(=O)NCc2ccc(F)cc2)CCCN2C(=O)c3c(O)c(=O)ccn3CC21. The first-order valence-corrected chi connectivity index (χ1v) is 9.91. The summed E-state index contributed by atoms with van der Waals surface area (Å²) in [5, 5.41) is 12.9. The van der Waals surface area contributed by atoms with Crippen molar-refractivity contribution in [3.05, 3.63) is 63.8 Å². The number of nitrogens with one attached hydrogen (secondary N) is 1. The number of halogens is 1. The molecule has 0 radical (unpaired) electrons. The van der Waals surface area contributed by atoms with Crippen LogP contribution in [0.15, 0.2) is 41.3 Å². The monoisotopic (exact) mass is 429 g/mol.